The van der Waals surface area contributed by atoms with Gasteiger partial charge in [-0.3, -0.25) is 0 Å². The van der Waals surface area contributed by atoms with Crippen LogP contribution in [-0.2, 0) is 0 Å². The van der Waals surface area contributed by atoms with Gasteiger partial charge in [0.05, 0.1) is 0 Å². The molecule has 0 saturated carbocycles. The lowest BCUT2D eigenvalue weighted by atomic mass is 10.2. The molecule has 2 N–H and O–H groups in total. The Balaban J connectivity index is 2.93. The van der Waals surface area contributed by atoms with Crippen molar-refractivity contribution in [3.05, 3.63) is 41.2 Å². The molecule has 0 aromatic heterocycles. The fourth-order valence-corrected chi connectivity index (χ4v) is 1.21. The van der Waals surface area contributed by atoms with Crippen molar-refractivity contribution in [3.63, 3.8) is 0 Å². The first-order valence-electron chi connectivity index (χ1n) is 5.20. The number of allylic oxidation sites excluding steroid dienone is 2. The number of rotatable bonds is 3. The van der Waals surface area contributed by atoms with E-state index in [-0.39, 0.29) is 11.4 Å². The number of hydrogen-bond donors (Lipinski definition) is 1. The standard InChI is InChI=1S/C13H13N5/c1-18(2)11-5-3-10(4-6-11)9-17-13(8-15)12(16)7-14/h3-6,9H,16H2,1-2H3/b13-12-,17-9?. The van der Waals surface area contributed by atoms with Gasteiger partial charge in [0.25, 0.3) is 0 Å². The normalized spacial score (nSPS) is 11.6. The van der Waals surface area contributed by atoms with Crippen molar-refractivity contribution >= 4 is 11.9 Å². The van der Waals surface area contributed by atoms with Crippen LogP contribution in [0.15, 0.2) is 40.7 Å². The highest BCUT2D eigenvalue weighted by atomic mass is 15.1. The van der Waals surface area contributed by atoms with E-state index in [1.807, 2.05) is 43.3 Å². The number of nitrogens with two attached hydrogens (primary N) is 1. The molecule has 0 amide bonds. The van der Waals surface area contributed by atoms with E-state index in [0.717, 1.165) is 11.3 Å². The Labute approximate surface area is 106 Å². The highest BCUT2D eigenvalue weighted by molar-refractivity contribution is 5.81. The van der Waals surface area contributed by atoms with Crippen molar-refractivity contribution in [1.82, 2.24) is 0 Å². The summed E-state index contributed by atoms with van der Waals surface area (Å²) < 4.78 is 0. The van der Waals surface area contributed by atoms with Gasteiger partial charge in [0.15, 0.2) is 5.70 Å². The second-order valence-corrected chi connectivity index (χ2v) is 3.73. The summed E-state index contributed by atoms with van der Waals surface area (Å²) >= 11 is 0. The van der Waals surface area contributed by atoms with Crippen LogP contribution in [-0.4, -0.2) is 20.3 Å². The van der Waals surface area contributed by atoms with Gasteiger partial charge in [-0.15, -0.1) is 0 Å². The Bertz CT molecular complexity index is 553. The van der Waals surface area contributed by atoms with Crippen LogP contribution in [0.1, 0.15) is 5.56 Å². The highest BCUT2D eigenvalue weighted by Gasteiger charge is 1.99. The Kier molecular flexibility index (Phi) is 4.48. The average molecular weight is 239 g/mol. The lowest BCUT2D eigenvalue weighted by Crippen LogP contribution is -2.08. The van der Waals surface area contributed by atoms with E-state index in [4.69, 9.17) is 16.3 Å². The van der Waals surface area contributed by atoms with E-state index >= 15 is 0 Å². The van der Waals surface area contributed by atoms with Gasteiger partial charge in [-0.25, -0.2) is 4.99 Å². The summed E-state index contributed by atoms with van der Waals surface area (Å²) in [6, 6.07) is 11.1. The summed E-state index contributed by atoms with van der Waals surface area (Å²) in [6.45, 7) is 0. The molecule has 5 heteroatoms. The molecular formula is C13H13N5. The van der Waals surface area contributed by atoms with Crippen LogP contribution in [0.25, 0.3) is 0 Å². The summed E-state index contributed by atoms with van der Waals surface area (Å²) in [7, 11) is 3.90. The molecule has 1 aromatic rings. The quantitative estimate of drug-likeness (QED) is 0.637. The van der Waals surface area contributed by atoms with Crippen LogP contribution in [0.2, 0.25) is 0 Å². The van der Waals surface area contributed by atoms with Gasteiger partial charge in [-0.2, -0.15) is 10.5 Å². The molecule has 0 heterocycles. The molecule has 0 aliphatic heterocycles. The maximum absolute atomic E-state index is 8.76. The molecule has 0 aliphatic rings. The van der Waals surface area contributed by atoms with E-state index in [1.54, 1.807) is 12.1 Å². The Morgan fingerprint density at radius 3 is 2.28 bits per heavy atom. The van der Waals surface area contributed by atoms with Gasteiger partial charge in [-0.05, 0) is 17.7 Å². The third-order valence-corrected chi connectivity index (χ3v) is 2.23. The lowest BCUT2D eigenvalue weighted by Gasteiger charge is -2.11. The smallest absolute Gasteiger partial charge is 0.174 e. The summed E-state index contributed by atoms with van der Waals surface area (Å²) in [4.78, 5) is 5.87. The Hall–Kier alpha value is -2.79. The first-order valence-corrected chi connectivity index (χ1v) is 5.20. The first kappa shape index (κ1) is 13.3. The van der Waals surface area contributed by atoms with Crippen LogP contribution >= 0.6 is 0 Å². The van der Waals surface area contributed by atoms with Gasteiger partial charge in [0.2, 0.25) is 0 Å². The molecule has 0 radical (unpaired) electrons. The van der Waals surface area contributed by atoms with Crippen molar-refractivity contribution in [3.8, 4) is 12.1 Å². The fraction of sp³-hybridized carbons (Fsp3) is 0.154. The van der Waals surface area contributed by atoms with Gasteiger partial charge < -0.3 is 10.6 Å². The van der Waals surface area contributed by atoms with Crippen molar-refractivity contribution in [2.45, 2.75) is 0 Å². The summed E-state index contributed by atoms with van der Waals surface area (Å²) in [5, 5.41) is 17.3. The zero-order valence-electron chi connectivity index (χ0n) is 10.3. The predicted molar refractivity (Wildman–Crippen MR) is 70.8 cm³/mol. The van der Waals surface area contributed by atoms with E-state index in [2.05, 4.69) is 4.99 Å². The number of nitrogens with zero attached hydrogens (tertiary/aromatic N) is 4. The van der Waals surface area contributed by atoms with Crippen LogP contribution in [0.5, 0.6) is 0 Å². The minimum absolute atomic E-state index is 0.0748. The van der Waals surface area contributed by atoms with Gasteiger partial charge in [0, 0.05) is 26.0 Å². The average Bonchev–Trinajstić information content (AvgIpc) is 2.39. The number of benzene rings is 1. The highest BCUT2D eigenvalue weighted by Crippen LogP contribution is 2.11. The second kappa shape index (κ2) is 6.07. The third kappa shape index (κ3) is 3.36. The van der Waals surface area contributed by atoms with Crippen molar-refractivity contribution in [2.75, 3.05) is 19.0 Å². The third-order valence-electron chi connectivity index (χ3n) is 2.23. The molecule has 0 spiro atoms. The van der Waals surface area contributed by atoms with Crippen LogP contribution < -0.4 is 10.6 Å². The molecule has 0 atom stereocenters. The number of hydrogen-bond acceptors (Lipinski definition) is 5. The van der Waals surface area contributed by atoms with Crippen LogP contribution in [0.4, 0.5) is 5.69 Å². The van der Waals surface area contributed by atoms with E-state index in [0.29, 0.717) is 0 Å². The molecule has 1 aromatic carbocycles. The fourth-order valence-electron chi connectivity index (χ4n) is 1.21. The maximum atomic E-state index is 8.76. The first-order chi connectivity index (χ1) is 8.58. The summed E-state index contributed by atoms with van der Waals surface area (Å²) in [5.74, 6) is 0. The minimum atomic E-state index is -0.182. The molecule has 5 nitrogen and oxygen atoms in total. The van der Waals surface area contributed by atoms with Crippen LogP contribution in [0, 0.1) is 22.7 Å². The molecule has 18 heavy (non-hydrogen) atoms. The van der Waals surface area contributed by atoms with Gasteiger partial charge >= 0.3 is 0 Å². The molecule has 0 bridgehead atoms. The van der Waals surface area contributed by atoms with E-state index in [9.17, 15) is 0 Å². The zero-order valence-corrected chi connectivity index (χ0v) is 10.3. The van der Waals surface area contributed by atoms with E-state index in [1.165, 1.54) is 6.21 Å². The molecule has 0 unspecified atom stereocenters. The predicted octanol–water partition coefficient (Wildman–Crippen LogP) is 1.39. The van der Waals surface area contributed by atoms with Crippen LogP contribution in [0.3, 0.4) is 0 Å². The number of anilines is 1. The monoisotopic (exact) mass is 239 g/mol. The molecular weight excluding hydrogens is 226 g/mol. The summed E-state index contributed by atoms with van der Waals surface area (Å²) in [5.41, 5.74) is 6.98. The topological polar surface area (TPSA) is 89.2 Å². The van der Waals surface area contributed by atoms with Crippen molar-refractivity contribution < 1.29 is 0 Å². The maximum Gasteiger partial charge on any atom is 0.174 e. The molecule has 0 aliphatic carbocycles. The minimum Gasteiger partial charge on any atom is -0.388 e. The van der Waals surface area contributed by atoms with Gasteiger partial charge in [-0.1, -0.05) is 12.1 Å². The van der Waals surface area contributed by atoms with Crippen molar-refractivity contribution in [1.29, 1.82) is 10.5 Å². The largest absolute Gasteiger partial charge is 0.388 e. The number of nitriles is 2. The van der Waals surface area contributed by atoms with Crippen molar-refractivity contribution in [2.24, 2.45) is 10.7 Å². The Morgan fingerprint density at radius 2 is 1.83 bits per heavy atom. The molecule has 0 saturated heterocycles. The second-order valence-electron chi connectivity index (χ2n) is 3.73. The number of aliphatic imine (C=N–C) groups is 1. The molecule has 90 valence electrons. The zero-order chi connectivity index (χ0) is 13.5. The molecule has 0 fully saturated rings. The lowest BCUT2D eigenvalue weighted by molar-refractivity contribution is 1.13. The summed E-state index contributed by atoms with van der Waals surface area (Å²) in [6.07, 6.45) is 1.50. The molecule has 1 rings (SSSR count). The Morgan fingerprint density at radius 1 is 1.22 bits per heavy atom. The van der Waals surface area contributed by atoms with E-state index < -0.39 is 0 Å². The SMILES string of the molecule is CN(C)c1ccc(C=N/C(C#N)=C(\N)C#N)cc1. The van der Waals surface area contributed by atoms with Gasteiger partial charge in [0.1, 0.15) is 17.8 Å².